The normalized spacial score (nSPS) is 12.3. The Morgan fingerprint density at radius 1 is 1.20 bits per heavy atom. The van der Waals surface area contributed by atoms with Gasteiger partial charge in [-0.1, -0.05) is 6.07 Å². The molecule has 0 aliphatic carbocycles. The summed E-state index contributed by atoms with van der Waals surface area (Å²) in [5, 5.41) is 9.80. The molecule has 0 aliphatic rings. The first kappa shape index (κ1) is 22.4. The highest BCUT2D eigenvalue weighted by Gasteiger charge is 2.19. The zero-order valence-electron chi connectivity index (χ0n) is 17.4. The first-order valence-corrected chi connectivity index (χ1v) is 11.8. The smallest absolute Gasteiger partial charge is 0.240 e. The van der Waals surface area contributed by atoms with Crippen molar-refractivity contribution in [2.24, 2.45) is 0 Å². The highest BCUT2D eigenvalue weighted by molar-refractivity contribution is 7.89. The molecule has 0 amide bonds. The third-order valence-corrected chi connectivity index (χ3v) is 7.06. The lowest BCUT2D eigenvalue weighted by Crippen LogP contribution is -2.30. The third kappa shape index (κ3) is 5.23. The van der Waals surface area contributed by atoms with Crippen molar-refractivity contribution in [3.05, 3.63) is 47.0 Å². The van der Waals surface area contributed by atoms with Crippen LogP contribution in [-0.2, 0) is 10.0 Å². The quantitative estimate of drug-likeness (QED) is 0.511. The van der Waals surface area contributed by atoms with Gasteiger partial charge in [0.25, 0.3) is 0 Å². The second-order valence-corrected chi connectivity index (χ2v) is 10.9. The average molecular weight is 447 g/mol. The number of aliphatic hydroxyl groups is 1. The van der Waals surface area contributed by atoms with Gasteiger partial charge in [0.15, 0.2) is 5.82 Å². The van der Waals surface area contributed by atoms with Crippen LogP contribution in [-0.4, -0.2) is 35.6 Å². The lowest BCUT2D eigenvalue weighted by atomic mass is 10.1. The van der Waals surface area contributed by atoms with E-state index in [9.17, 15) is 13.5 Å². The van der Waals surface area contributed by atoms with Gasteiger partial charge in [-0.05, 0) is 63.9 Å². The molecule has 9 heteroatoms. The van der Waals surface area contributed by atoms with E-state index in [0.29, 0.717) is 29.2 Å². The van der Waals surface area contributed by atoms with Gasteiger partial charge < -0.3 is 10.8 Å². The molecule has 30 heavy (non-hydrogen) atoms. The second kappa shape index (κ2) is 8.43. The van der Waals surface area contributed by atoms with E-state index >= 15 is 0 Å². The summed E-state index contributed by atoms with van der Waals surface area (Å²) in [6, 6.07) is 8.83. The molecule has 2 aromatic heterocycles. The van der Waals surface area contributed by atoms with Crippen molar-refractivity contribution in [3.8, 4) is 21.8 Å². The van der Waals surface area contributed by atoms with Crippen LogP contribution in [0.1, 0.15) is 30.7 Å². The maximum Gasteiger partial charge on any atom is 0.240 e. The summed E-state index contributed by atoms with van der Waals surface area (Å²) in [5.41, 5.74) is 7.77. The van der Waals surface area contributed by atoms with Crippen LogP contribution in [0.4, 0.5) is 5.82 Å². The second-order valence-electron chi connectivity index (χ2n) is 7.84. The molecule has 0 radical (unpaired) electrons. The fourth-order valence-electron chi connectivity index (χ4n) is 2.89. The first-order chi connectivity index (χ1) is 14.0. The lowest BCUT2D eigenvalue weighted by Gasteiger charge is -2.17. The van der Waals surface area contributed by atoms with Crippen molar-refractivity contribution in [2.75, 3.05) is 12.3 Å². The monoisotopic (exact) mass is 446 g/mol. The molecule has 0 aliphatic heterocycles. The molecule has 3 rings (SSSR count). The van der Waals surface area contributed by atoms with Crippen molar-refractivity contribution < 1.29 is 13.5 Å². The largest absolute Gasteiger partial charge is 0.390 e. The van der Waals surface area contributed by atoms with Gasteiger partial charge in [0.05, 0.1) is 27.3 Å². The summed E-state index contributed by atoms with van der Waals surface area (Å²) >= 11 is 1.57. The van der Waals surface area contributed by atoms with Crippen LogP contribution >= 0.6 is 11.3 Å². The number of nitrogens with two attached hydrogens (primary N) is 1. The maximum atomic E-state index is 12.7. The van der Waals surface area contributed by atoms with Crippen LogP contribution in [0, 0.1) is 13.8 Å². The minimum atomic E-state index is -3.73. The molecule has 0 bridgehead atoms. The van der Waals surface area contributed by atoms with Gasteiger partial charge in [0.1, 0.15) is 5.69 Å². The first-order valence-electron chi connectivity index (χ1n) is 9.49. The van der Waals surface area contributed by atoms with Crippen LogP contribution in [0.15, 0.2) is 41.4 Å². The van der Waals surface area contributed by atoms with Crippen molar-refractivity contribution in [2.45, 2.75) is 44.6 Å². The zero-order chi connectivity index (χ0) is 22.1. The Morgan fingerprint density at radius 2 is 1.93 bits per heavy atom. The summed E-state index contributed by atoms with van der Waals surface area (Å²) in [4.78, 5) is 11.1. The van der Waals surface area contributed by atoms with E-state index in [2.05, 4.69) is 14.7 Å². The summed E-state index contributed by atoms with van der Waals surface area (Å²) in [6.45, 7) is 7.31. The van der Waals surface area contributed by atoms with Gasteiger partial charge >= 0.3 is 0 Å². The number of hydrogen-bond donors (Lipinski definition) is 3. The number of nitrogens with one attached hydrogen (secondary N) is 1. The molecule has 0 atom stereocenters. The number of benzene rings is 1. The molecule has 0 saturated carbocycles. The van der Waals surface area contributed by atoms with Gasteiger partial charge in [0.2, 0.25) is 10.0 Å². The van der Waals surface area contributed by atoms with Gasteiger partial charge in [-0.15, -0.1) is 11.3 Å². The van der Waals surface area contributed by atoms with Gasteiger partial charge in [0, 0.05) is 17.0 Å². The lowest BCUT2D eigenvalue weighted by molar-refractivity contribution is 0.0728. The summed E-state index contributed by atoms with van der Waals surface area (Å²) < 4.78 is 28.0. The number of aryl methyl sites for hydroxylation is 2. The number of thiophene rings is 1. The standard InChI is InChI=1S/C21H26N4O3S2/c1-13-5-7-15(30(27,28)24-10-9-21(3,4)26)11-16(13)17-12-23-20(22)19(25-17)18-8-6-14(2)29-18/h5-8,11-12,24,26H,9-10H2,1-4H3,(H2,22,23). The topological polar surface area (TPSA) is 118 Å². The fourth-order valence-corrected chi connectivity index (χ4v) is 4.81. The van der Waals surface area contributed by atoms with Crippen molar-refractivity contribution >= 4 is 27.2 Å². The predicted molar refractivity (Wildman–Crippen MR) is 121 cm³/mol. The molecular formula is C21H26N4O3S2. The Morgan fingerprint density at radius 3 is 2.57 bits per heavy atom. The van der Waals surface area contributed by atoms with E-state index in [0.717, 1.165) is 15.3 Å². The maximum absolute atomic E-state index is 12.7. The third-order valence-electron chi connectivity index (χ3n) is 4.60. The number of sulfonamides is 1. The molecule has 3 aromatic rings. The van der Waals surface area contributed by atoms with Crippen LogP contribution in [0.25, 0.3) is 21.8 Å². The molecule has 2 heterocycles. The predicted octanol–water partition coefficient (Wildman–Crippen LogP) is 3.51. The molecule has 4 N–H and O–H groups in total. The Labute approximate surface area is 181 Å². The van der Waals surface area contributed by atoms with Crippen LogP contribution < -0.4 is 10.5 Å². The molecule has 7 nitrogen and oxygen atoms in total. The Balaban J connectivity index is 1.96. The molecule has 0 unspecified atom stereocenters. The van der Waals surface area contributed by atoms with Gasteiger partial charge in [-0.25, -0.2) is 23.1 Å². The summed E-state index contributed by atoms with van der Waals surface area (Å²) in [5.74, 6) is 0.329. The molecule has 0 saturated heterocycles. The average Bonchev–Trinajstić information content (AvgIpc) is 3.07. The molecule has 1 aromatic carbocycles. The van der Waals surface area contributed by atoms with E-state index in [4.69, 9.17) is 5.73 Å². The minimum Gasteiger partial charge on any atom is -0.390 e. The van der Waals surface area contributed by atoms with Crippen molar-refractivity contribution in [3.63, 3.8) is 0 Å². The van der Waals surface area contributed by atoms with Gasteiger partial charge in [-0.3, -0.25) is 0 Å². The Hall–Kier alpha value is -2.33. The van der Waals surface area contributed by atoms with Crippen LogP contribution in [0.5, 0.6) is 0 Å². The van der Waals surface area contributed by atoms with Crippen LogP contribution in [0.3, 0.4) is 0 Å². The van der Waals surface area contributed by atoms with E-state index in [-0.39, 0.29) is 11.4 Å². The van der Waals surface area contributed by atoms with E-state index in [1.54, 1.807) is 49.6 Å². The molecule has 0 fully saturated rings. The Kier molecular flexibility index (Phi) is 6.28. The Bertz CT molecular complexity index is 1170. The van der Waals surface area contributed by atoms with Crippen molar-refractivity contribution in [1.82, 2.24) is 14.7 Å². The summed E-state index contributed by atoms with van der Waals surface area (Å²) in [6.07, 6.45) is 1.86. The molecule has 0 spiro atoms. The molecule has 160 valence electrons. The fraction of sp³-hybridized carbons (Fsp3) is 0.333. The van der Waals surface area contributed by atoms with E-state index < -0.39 is 15.6 Å². The SMILES string of the molecule is Cc1ccc(-c2nc(-c3cc(S(=O)(=O)NCCC(C)(C)O)ccc3C)cnc2N)s1. The number of rotatable bonds is 7. The van der Waals surface area contributed by atoms with Gasteiger partial charge in [-0.2, -0.15) is 0 Å². The summed E-state index contributed by atoms with van der Waals surface area (Å²) in [7, 11) is -3.73. The number of nitrogen functional groups attached to an aromatic ring is 1. The van der Waals surface area contributed by atoms with E-state index in [1.807, 2.05) is 26.0 Å². The van der Waals surface area contributed by atoms with Crippen molar-refractivity contribution in [1.29, 1.82) is 0 Å². The highest BCUT2D eigenvalue weighted by atomic mass is 32.2. The number of anilines is 1. The van der Waals surface area contributed by atoms with Crippen LogP contribution in [0.2, 0.25) is 0 Å². The highest BCUT2D eigenvalue weighted by Crippen LogP contribution is 2.32. The minimum absolute atomic E-state index is 0.131. The number of hydrogen-bond acceptors (Lipinski definition) is 7. The zero-order valence-corrected chi connectivity index (χ0v) is 19.1. The molecular weight excluding hydrogens is 420 g/mol. The van der Waals surface area contributed by atoms with E-state index in [1.165, 1.54) is 0 Å². The number of aromatic nitrogens is 2. The number of nitrogens with zero attached hydrogens (tertiary/aromatic N) is 2.